The van der Waals surface area contributed by atoms with E-state index in [2.05, 4.69) is 27.0 Å². The van der Waals surface area contributed by atoms with Crippen molar-refractivity contribution in [3.05, 3.63) is 109 Å². The molecule has 0 radical (unpaired) electrons. The largest absolute Gasteiger partial charge is 0.355 e. The van der Waals surface area contributed by atoms with Gasteiger partial charge in [0.2, 0.25) is 5.91 Å². The zero-order valence-electron chi connectivity index (χ0n) is 17.7. The SMILES string of the molecule is O=C(C1CN(c2cc(-c3ccccc3)ncn2)C1)N(Cc1ccccc1)c1ccccc1. The summed E-state index contributed by atoms with van der Waals surface area (Å²) in [4.78, 5) is 26.3. The summed E-state index contributed by atoms with van der Waals surface area (Å²) < 4.78 is 0. The van der Waals surface area contributed by atoms with Gasteiger partial charge in [-0.2, -0.15) is 0 Å². The molecule has 1 saturated heterocycles. The van der Waals surface area contributed by atoms with Gasteiger partial charge in [0, 0.05) is 30.4 Å². The maximum atomic E-state index is 13.5. The Labute approximate surface area is 188 Å². The van der Waals surface area contributed by atoms with Crippen molar-refractivity contribution in [2.75, 3.05) is 22.9 Å². The van der Waals surface area contributed by atoms with Gasteiger partial charge >= 0.3 is 0 Å². The lowest BCUT2D eigenvalue weighted by atomic mass is 9.97. The van der Waals surface area contributed by atoms with Crippen molar-refractivity contribution >= 4 is 17.4 Å². The van der Waals surface area contributed by atoms with Crippen molar-refractivity contribution < 1.29 is 4.79 Å². The summed E-state index contributed by atoms with van der Waals surface area (Å²) in [5.74, 6) is 0.944. The van der Waals surface area contributed by atoms with Crippen LogP contribution in [0, 0.1) is 5.92 Å². The second-order valence-electron chi connectivity index (χ2n) is 7.97. The van der Waals surface area contributed by atoms with Crippen LogP contribution in [0.4, 0.5) is 11.5 Å². The second kappa shape index (κ2) is 9.02. The summed E-state index contributed by atoms with van der Waals surface area (Å²) in [5, 5.41) is 0. The zero-order valence-corrected chi connectivity index (χ0v) is 17.7. The molecule has 0 unspecified atom stereocenters. The van der Waals surface area contributed by atoms with E-state index in [1.807, 2.05) is 89.8 Å². The van der Waals surface area contributed by atoms with E-state index in [0.29, 0.717) is 19.6 Å². The molecule has 0 spiro atoms. The van der Waals surface area contributed by atoms with Crippen LogP contribution in [0.2, 0.25) is 0 Å². The molecule has 0 atom stereocenters. The summed E-state index contributed by atoms with van der Waals surface area (Å²) in [6, 6.07) is 32.1. The molecule has 0 aliphatic carbocycles. The lowest BCUT2D eigenvalue weighted by molar-refractivity contribution is -0.123. The Morgan fingerprint density at radius 3 is 2.16 bits per heavy atom. The Balaban J connectivity index is 1.31. The van der Waals surface area contributed by atoms with E-state index in [1.165, 1.54) is 0 Å². The van der Waals surface area contributed by atoms with E-state index in [-0.39, 0.29) is 11.8 Å². The first-order chi connectivity index (χ1) is 15.8. The number of hydrogen-bond acceptors (Lipinski definition) is 4. The summed E-state index contributed by atoms with van der Waals surface area (Å²) in [6.45, 7) is 1.87. The average molecular weight is 421 g/mol. The first kappa shape index (κ1) is 19.9. The molecule has 0 saturated carbocycles. The van der Waals surface area contributed by atoms with Crippen LogP contribution >= 0.6 is 0 Å². The van der Waals surface area contributed by atoms with Crippen LogP contribution in [0.1, 0.15) is 5.56 Å². The van der Waals surface area contributed by atoms with Gasteiger partial charge in [0.15, 0.2) is 0 Å². The fourth-order valence-electron chi connectivity index (χ4n) is 4.00. The molecular weight excluding hydrogens is 396 g/mol. The molecule has 1 aliphatic heterocycles. The third kappa shape index (κ3) is 4.23. The van der Waals surface area contributed by atoms with E-state index < -0.39 is 0 Å². The molecular formula is C27H24N4O. The summed E-state index contributed by atoms with van der Waals surface area (Å²) in [6.07, 6.45) is 1.60. The standard InChI is InChI=1S/C27H24N4O/c32-27(31(24-14-8-3-9-15-24)17-21-10-4-1-5-11-21)23-18-30(19-23)26-16-25(28-20-29-26)22-12-6-2-7-13-22/h1-16,20,23H,17-19H2. The van der Waals surface area contributed by atoms with Crippen LogP contribution in [0.3, 0.4) is 0 Å². The molecule has 4 aromatic rings. The predicted octanol–water partition coefficient (Wildman–Crippen LogP) is 4.81. The van der Waals surface area contributed by atoms with Gasteiger partial charge in [-0.05, 0) is 17.7 Å². The van der Waals surface area contributed by atoms with Crippen molar-refractivity contribution in [1.29, 1.82) is 0 Å². The molecule has 1 fully saturated rings. The van der Waals surface area contributed by atoms with E-state index in [4.69, 9.17) is 0 Å². The predicted molar refractivity (Wildman–Crippen MR) is 127 cm³/mol. The average Bonchev–Trinajstić information content (AvgIpc) is 2.83. The number of benzene rings is 3. The van der Waals surface area contributed by atoms with Gasteiger partial charge in [-0.25, -0.2) is 9.97 Å². The smallest absolute Gasteiger partial charge is 0.233 e. The number of amides is 1. The lowest BCUT2D eigenvalue weighted by Gasteiger charge is -2.41. The van der Waals surface area contributed by atoms with Crippen LogP contribution in [0.15, 0.2) is 103 Å². The highest BCUT2D eigenvalue weighted by molar-refractivity contribution is 5.96. The number of rotatable bonds is 6. The van der Waals surface area contributed by atoms with Gasteiger partial charge in [0.1, 0.15) is 12.1 Å². The normalized spacial score (nSPS) is 13.4. The molecule has 3 aromatic carbocycles. The Bertz CT molecular complexity index is 1180. The number of carbonyl (C=O) groups excluding carboxylic acids is 1. The number of nitrogens with zero attached hydrogens (tertiary/aromatic N) is 4. The molecule has 158 valence electrons. The van der Waals surface area contributed by atoms with E-state index in [9.17, 15) is 4.79 Å². The van der Waals surface area contributed by atoms with Gasteiger partial charge in [-0.3, -0.25) is 4.79 Å². The first-order valence-electron chi connectivity index (χ1n) is 10.8. The van der Waals surface area contributed by atoms with Gasteiger partial charge in [-0.15, -0.1) is 0 Å². The van der Waals surface area contributed by atoms with E-state index in [1.54, 1.807) is 6.33 Å². The van der Waals surface area contributed by atoms with Gasteiger partial charge < -0.3 is 9.80 Å². The third-order valence-electron chi connectivity index (χ3n) is 5.79. The highest BCUT2D eigenvalue weighted by Crippen LogP contribution is 2.29. The molecule has 0 N–H and O–H groups in total. The summed E-state index contributed by atoms with van der Waals surface area (Å²) in [7, 11) is 0. The quantitative estimate of drug-likeness (QED) is 0.449. The fourth-order valence-corrected chi connectivity index (χ4v) is 4.00. The van der Waals surface area contributed by atoms with Crippen molar-refractivity contribution in [1.82, 2.24) is 9.97 Å². The first-order valence-corrected chi connectivity index (χ1v) is 10.8. The van der Waals surface area contributed by atoms with Gasteiger partial charge in [0.25, 0.3) is 0 Å². The fraction of sp³-hybridized carbons (Fsp3) is 0.148. The Hall–Kier alpha value is -3.99. The van der Waals surface area contributed by atoms with Crippen LogP contribution in [0.5, 0.6) is 0 Å². The third-order valence-corrected chi connectivity index (χ3v) is 5.79. The molecule has 1 amide bonds. The number of anilines is 2. The monoisotopic (exact) mass is 420 g/mol. The molecule has 32 heavy (non-hydrogen) atoms. The molecule has 0 bridgehead atoms. The van der Waals surface area contributed by atoms with E-state index >= 15 is 0 Å². The van der Waals surface area contributed by atoms with Crippen LogP contribution in [-0.4, -0.2) is 29.0 Å². The Morgan fingerprint density at radius 1 is 0.844 bits per heavy atom. The van der Waals surface area contributed by atoms with Crippen molar-refractivity contribution in [2.24, 2.45) is 5.92 Å². The van der Waals surface area contributed by atoms with Crippen molar-refractivity contribution in [2.45, 2.75) is 6.54 Å². The number of aromatic nitrogens is 2. The second-order valence-corrected chi connectivity index (χ2v) is 7.97. The van der Waals surface area contributed by atoms with Gasteiger partial charge in [0.05, 0.1) is 18.2 Å². The lowest BCUT2D eigenvalue weighted by Crippen LogP contribution is -2.55. The van der Waals surface area contributed by atoms with Crippen molar-refractivity contribution in [3.8, 4) is 11.3 Å². The summed E-state index contributed by atoms with van der Waals surface area (Å²) in [5.41, 5.74) is 3.99. The number of para-hydroxylation sites is 1. The molecule has 5 heteroatoms. The van der Waals surface area contributed by atoms with E-state index in [0.717, 1.165) is 28.3 Å². The minimum absolute atomic E-state index is 0.0611. The Kier molecular flexibility index (Phi) is 5.62. The molecule has 2 heterocycles. The maximum Gasteiger partial charge on any atom is 0.233 e. The van der Waals surface area contributed by atoms with Crippen molar-refractivity contribution in [3.63, 3.8) is 0 Å². The molecule has 1 aromatic heterocycles. The van der Waals surface area contributed by atoms with Crippen LogP contribution < -0.4 is 9.80 Å². The maximum absolute atomic E-state index is 13.5. The number of carbonyl (C=O) groups is 1. The molecule has 5 nitrogen and oxygen atoms in total. The number of hydrogen-bond donors (Lipinski definition) is 0. The van der Waals surface area contributed by atoms with Crippen LogP contribution in [-0.2, 0) is 11.3 Å². The molecule has 1 aliphatic rings. The zero-order chi connectivity index (χ0) is 21.8. The minimum Gasteiger partial charge on any atom is -0.355 e. The highest BCUT2D eigenvalue weighted by atomic mass is 16.2. The van der Waals surface area contributed by atoms with Crippen LogP contribution in [0.25, 0.3) is 11.3 Å². The highest BCUT2D eigenvalue weighted by Gasteiger charge is 2.36. The summed E-state index contributed by atoms with van der Waals surface area (Å²) >= 11 is 0. The Morgan fingerprint density at radius 2 is 1.47 bits per heavy atom. The van der Waals surface area contributed by atoms with Gasteiger partial charge in [-0.1, -0.05) is 78.9 Å². The molecule has 5 rings (SSSR count). The topological polar surface area (TPSA) is 49.3 Å². The minimum atomic E-state index is -0.0611.